The Morgan fingerprint density at radius 3 is 2.23 bits per heavy atom. The topological polar surface area (TPSA) is 67.2 Å². The zero-order valence-electron chi connectivity index (χ0n) is 15.3. The second-order valence-electron chi connectivity index (χ2n) is 7.72. The molecular formula is C20H31ClFN3O. The summed E-state index contributed by atoms with van der Waals surface area (Å²) in [6.45, 7) is 0. The first-order valence-electron chi connectivity index (χ1n) is 9.66. The van der Waals surface area contributed by atoms with Gasteiger partial charge in [-0.3, -0.25) is 0 Å². The van der Waals surface area contributed by atoms with Crippen LogP contribution in [0.2, 0.25) is 0 Å². The summed E-state index contributed by atoms with van der Waals surface area (Å²) in [7, 11) is 0. The molecule has 6 heteroatoms. The lowest BCUT2D eigenvalue weighted by atomic mass is 9.81. The highest BCUT2D eigenvalue weighted by Gasteiger charge is 2.29. The number of rotatable bonds is 5. The minimum Gasteiger partial charge on any atom is -0.352 e. The number of carbonyl (C=O) groups is 1. The Morgan fingerprint density at radius 2 is 1.62 bits per heavy atom. The van der Waals surface area contributed by atoms with Crippen molar-refractivity contribution in [2.75, 3.05) is 0 Å². The first-order valence-corrected chi connectivity index (χ1v) is 9.66. The molecule has 26 heavy (non-hydrogen) atoms. The summed E-state index contributed by atoms with van der Waals surface area (Å²) in [4.78, 5) is 11.2. The fourth-order valence-corrected chi connectivity index (χ4v) is 4.48. The van der Waals surface area contributed by atoms with Gasteiger partial charge in [-0.1, -0.05) is 25.0 Å². The first kappa shape index (κ1) is 21.0. The number of benzene rings is 1. The summed E-state index contributed by atoms with van der Waals surface area (Å²) in [5, 5.41) is 6.70. The molecule has 1 aromatic carbocycles. The molecule has 0 aromatic heterocycles. The van der Waals surface area contributed by atoms with E-state index >= 15 is 0 Å². The van der Waals surface area contributed by atoms with E-state index in [1.165, 1.54) is 37.7 Å². The van der Waals surface area contributed by atoms with Crippen LogP contribution in [0.1, 0.15) is 56.9 Å². The molecule has 0 saturated heterocycles. The lowest BCUT2D eigenvalue weighted by Crippen LogP contribution is -2.55. The Bertz CT molecular complexity index is 561. The Kier molecular flexibility index (Phi) is 8.16. The molecule has 3 rings (SSSR count). The van der Waals surface area contributed by atoms with Crippen molar-refractivity contribution in [3.8, 4) is 0 Å². The first-order chi connectivity index (χ1) is 12.1. The zero-order chi connectivity index (χ0) is 17.6. The van der Waals surface area contributed by atoms with E-state index in [2.05, 4.69) is 10.6 Å². The molecule has 0 aliphatic heterocycles. The average Bonchev–Trinajstić information content (AvgIpc) is 2.60. The predicted molar refractivity (Wildman–Crippen MR) is 105 cm³/mol. The van der Waals surface area contributed by atoms with Gasteiger partial charge in [0.1, 0.15) is 5.82 Å². The molecule has 2 fully saturated rings. The number of nitrogens with two attached hydrogens (primary N) is 1. The Labute approximate surface area is 161 Å². The van der Waals surface area contributed by atoms with Crippen molar-refractivity contribution in [3.63, 3.8) is 0 Å². The summed E-state index contributed by atoms with van der Waals surface area (Å²) in [6, 6.07) is 7.55. The van der Waals surface area contributed by atoms with Crippen LogP contribution in [0.3, 0.4) is 0 Å². The number of hydrogen-bond donors (Lipinski definition) is 3. The third-order valence-electron chi connectivity index (χ3n) is 5.83. The molecule has 2 amide bonds. The van der Waals surface area contributed by atoms with Crippen molar-refractivity contribution in [2.45, 2.75) is 75.9 Å². The molecule has 2 saturated carbocycles. The van der Waals surface area contributed by atoms with Gasteiger partial charge in [0.2, 0.25) is 0 Å². The van der Waals surface area contributed by atoms with Crippen LogP contribution in [0.4, 0.5) is 9.18 Å². The fourth-order valence-electron chi connectivity index (χ4n) is 4.48. The lowest BCUT2D eigenvalue weighted by Gasteiger charge is -2.37. The Hall–Kier alpha value is -1.33. The molecule has 0 bridgehead atoms. The quantitative estimate of drug-likeness (QED) is 0.721. The van der Waals surface area contributed by atoms with Crippen molar-refractivity contribution in [2.24, 2.45) is 11.7 Å². The van der Waals surface area contributed by atoms with Gasteiger partial charge in [-0.15, -0.1) is 12.4 Å². The van der Waals surface area contributed by atoms with Gasteiger partial charge in [0.15, 0.2) is 0 Å². The average molecular weight is 384 g/mol. The van der Waals surface area contributed by atoms with Gasteiger partial charge in [0.25, 0.3) is 0 Å². The van der Waals surface area contributed by atoms with Gasteiger partial charge in [0.05, 0.1) is 0 Å². The smallest absolute Gasteiger partial charge is 0.312 e. The number of urea groups is 1. The summed E-state index contributed by atoms with van der Waals surface area (Å²) >= 11 is 0. The maximum atomic E-state index is 13.0. The maximum absolute atomic E-state index is 13.0. The molecule has 0 radical (unpaired) electrons. The van der Waals surface area contributed by atoms with E-state index < -0.39 is 6.03 Å². The molecule has 0 unspecified atom stereocenters. The molecule has 2 atom stereocenters. The van der Waals surface area contributed by atoms with Gasteiger partial charge >= 0.3 is 6.03 Å². The van der Waals surface area contributed by atoms with E-state index in [1.54, 1.807) is 12.1 Å². The van der Waals surface area contributed by atoms with Gasteiger partial charge < -0.3 is 16.4 Å². The van der Waals surface area contributed by atoms with Crippen molar-refractivity contribution >= 4 is 18.4 Å². The van der Waals surface area contributed by atoms with E-state index in [0.717, 1.165) is 25.7 Å². The molecule has 4 N–H and O–H groups in total. The zero-order valence-corrected chi connectivity index (χ0v) is 16.1. The minimum atomic E-state index is -0.415. The second kappa shape index (κ2) is 10.1. The van der Waals surface area contributed by atoms with Gasteiger partial charge in [0, 0.05) is 18.1 Å². The molecule has 0 heterocycles. The van der Waals surface area contributed by atoms with Crippen LogP contribution in [-0.2, 0) is 6.42 Å². The van der Waals surface area contributed by atoms with Crippen LogP contribution >= 0.6 is 12.4 Å². The SMILES string of the molecule is Cl.NC(=O)N[C@@H]1CCCC[C@H]1NC1CCC(Cc2ccc(F)cc2)CC1. The van der Waals surface area contributed by atoms with Crippen LogP contribution in [-0.4, -0.2) is 24.2 Å². The van der Waals surface area contributed by atoms with Crippen molar-refractivity contribution in [1.82, 2.24) is 10.6 Å². The summed E-state index contributed by atoms with van der Waals surface area (Å²) in [5.41, 5.74) is 6.55. The maximum Gasteiger partial charge on any atom is 0.312 e. The Morgan fingerprint density at radius 1 is 1.00 bits per heavy atom. The lowest BCUT2D eigenvalue weighted by molar-refractivity contribution is 0.211. The number of amides is 2. The summed E-state index contributed by atoms with van der Waals surface area (Å²) < 4.78 is 13.0. The monoisotopic (exact) mass is 383 g/mol. The van der Waals surface area contributed by atoms with E-state index in [4.69, 9.17) is 5.73 Å². The number of primary amides is 1. The number of carbonyl (C=O) groups excluding carboxylic acids is 1. The molecular weight excluding hydrogens is 353 g/mol. The Balaban J connectivity index is 0.00000243. The predicted octanol–water partition coefficient (Wildman–Crippen LogP) is 3.92. The third-order valence-corrected chi connectivity index (χ3v) is 5.83. The van der Waals surface area contributed by atoms with Crippen LogP contribution in [0, 0.1) is 11.7 Å². The van der Waals surface area contributed by atoms with Crippen LogP contribution in [0.5, 0.6) is 0 Å². The number of nitrogens with one attached hydrogen (secondary N) is 2. The molecule has 146 valence electrons. The van der Waals surface area contributed by atoms with Crippen LogP contribution in [0.25, 0.3) is 0 Å². The van der Waals surface area contributed by atoms with Gasteiger partial charge in [-0.05, 0) is 68.6 Å². The highest BCUT2D eigenvalue weighted by Crippen LogP contribution is 2.29. The summed E-state index contributed by atoms with van der Waals surface area (Å²) in [5.74, 6) is 0.526. The molecule has 4 nitrogen and oxygen atoms in total. The second-order valence-corrected chi connectivity index (χ2v) is 7.72. The van der Waals surface area contributed by atoms with Crippen LogP contribution in [0.15, 0.2) is 24.3 Å². The summed E-state index contributed by atoms with van der Waals surface area (Å²) in [6.07, 6.45) is 10.3. The van der Waals surface area contributed by atoms with E-state index in [0.29, 0.717) is 18.0 Å². The molecule has 0 spiro atoms. The largest absolute Gasteiger partial charge is 0.352 e. The van der Waals surface area contributed by atoms with Gasteiger partial charge in [-0.2, -0.15) is 0 Å². The van der Waals surface area contributed by atoms with E-state index in [9.17, 15) is 9.18 Å². The third kappa shape index (κ3) is 6.13. The van der Waals surface area contributed by atoms with E-state index in [-0.39, 0.29) is 24.3 Å². The van der Waals surface area contributed by atoms with Crippen molar-refractivity contribution in [3.05, 3.63) is 35.6 Å². The standard InChI is InChI=1S/C20H30FN3O.ClH/c21-16-9-5-14(6-10-16)13-15-7-11-17(12-8-15)23-18-3-1-2-4-19(18)24-20(22)25;/h5-6,9-10,15,17-19,23H,1-4,7-8,11-13H2,(H3,22,24,25);1H/t15?,17?,18-,19-;/m1./s1. The van der Waals surface area contributed by atoms with Crippen molar-refractivity contribution < 1.29 is 9.18 Å². The van der Waals surface area contributed by atoms with Gasteiger partial charge in [-0.25, -0.2) is 9.18 Å². The van der Waals surface area contributed by atoms with E-state index in [1.807, 2.05) is 12.1 Å². The number of halogens is 2. The van der Waals surface area contributed by atoms with Crippen LogP contribution < -0.4 is 16.4 Å². The number of hydrogen-bond acceptors (Lipinski definition) is 2. The normalized spacial score (nSPS) is 28.8. The molecule has 2 aliphatic carbocycles. The minimum absolute atomic E-state index is 0. The van der Waals surface area contributed by atoms with Crippen molar-refractivity contribution in [1.29, 1.82) is 0 Å². The molecule has 1 aromatic rings. The highest BCUT2D eigenvalue weighted by molar-refractivity contribution is 5.85. The highest BCUT2D eigenvalue weighted by atomic mass is 35.5. The molecule has 2 aliphatic rings. The fraction of sp³-hybridized carbons (Fsp3) is 0.650.